The number of allylic oxidation sites excluding steroid dienone is 2. The van der Waals surface area contributed by atoms with Gasteiger partial charge >= 0.3 is 0 Å². The van der Waals surface area contributed by atoms with E-state index >= 15 is 0 Å². The second kappa shape index (κ2) is 10.8. The summed E-state index contributed by atoms with van der Waals surface area (Å²) in [6.45, 7) is 3.19. The van der Waals surface area contributed by atoms with Crippen molar-refractivity contribution in [2.45, 2.75) is 51.0 Å². The van der Waals surface area contributed by atoms with Crippen LogP contribution in [0.3, 0.4) is 0 Å². The number of nitrogens with one attached hydrogen (secondary N) is 1. The third-order valence-corrected chi connectivity index (χ3v) is 6.89. The standard InChI is InChI=1S/C31H31NO4/c1-2-16-35-24-14-12-22(13-15-24)23-17-27-31(28(33)18-23)26(19-30(34)32-27)25-10-6-7-11-29(25)36-20-21-8-4-3-5-9-21/h3-15,23,26H,2,16-20H2,1H3,(H,32,34). The SMILES string of the molecule is CCCOc1ccc(C2CC(=O)C3=C(C2)NC(=O)CC3c2ccccc2OCc2ccccc2)cc1. The van der Waals surface area contributed by atoms with Gasteiger partial charge in [-0.25, -0.2) is 0 Å². The zero-order valence-corrected chi connectivity index (χ0v) is 20.5. The van der Waals surface area contributed by atoms with Crippen molar-refractivity contribution in [3.8, 4) is 11.5 Å². The lowest BCUT2D eigenvalue weighted by Crippen LogP contribution is -2.38. The van der Waals surface area contributed by atoms with E-state index in [0.717, 1.165) is 40.1 Å². The van der Waals surface area contributed by atoms with E-state index in [4.69, 9.17) is 9.47 Å². The van der Waals surface area contributed by atoms with Crippen LogP contribution in [0.15, 0.2) is 90.1 Å². The van der Waals surface area contributed by atoms with Crippen molar-refractivity contribution in [2.75, 3.05) is 6.61 Å². The lowest BCUT2D eigenvalue weighted by atomic mass is 9.73. The summed E-state index contributed by atoms with van der Waals surface area (Å²) in [7, 11) is 0. The number of rotatable bonds is 8. The van der Waals surface area contributed by atoms with Gasteiger partial charge in [-0.1, -0.05) is 67.6 Å². The van der Waals surface area contributed by atoms with Crippen molar-refractivity contribution in [1.29, 1.82) is 0 Å². The number of hydrogen-bond acceptors (Lipinski definition) is 4. The first-order valence-electron chi connectivity index (χ1n) is 12.7. The highest BCUT2D eigenvalue weighted by molar-refractivity contribution is 6.02. The minimum Gasteiger partial charge on any atom is -0.494 e. The molecule has 2 atom stereocenters. The average molecular weight is 482 g/mol. The van der Waals surface area contributed by atoms with Gasteiger partial charge in [0.25, 0.3) is 0 Å². The van der Waals surface area contributed by atoms with Gasteiger partial charge in [-0.15, -0.1) is 0 Å². The minimum atomic E-state index is -0.306. The molecule has 36 heavy (non-hydrogen) atoms. The van der Waals surface area contributed by atoms with Gasteiger partial charge in [-0.2, -0.15) is 0 Å². The number of ether oxygens (including phenoxy) is 2. The summed E-state index contributed by atoms with van der Waals surface area (Å²) in [6.07, 6.45) is 2.25. The summed E-state index contributed by atoms with van der Waals surface area (Å²) in [5.41, 5.74) is 4.52. The van der Waals surface area contributed by atoms with Crippen LogP contribution in [0.25, 0.3) is 0 Å². The molecule has 5 heteroatoms. The van der Waals surface area contributed by atoms with Gasteiger partial charge in [-0.05, 0) is 48.1 Å². The van der Waals surface area contributed by atoms with Crippen LogP contribution in [-0.2, 0) is 16.2 Å². The molecule has 1 amide bonds. The molecular weight excluding hydrogens is 450 g/mol. The maximum Gasteiger partial charge on any atom is 0.225 e. The molecule has 0 radical (unpaired) electrons. The van der Waals surface area contributed by atoms with Crippen molar-refractivity contribution in [3.63, 3.8) is 0 Å². The number of ketones is 1. The lowest BCUT2D eigenvalue weighted by molar-refractivity contribution is -0.122. The monoisotopic (exact) mass is 481 g/mol. The quantitative estimate of drug-likeness (QED) is 0.425. The van der Waals surface area contributed by atoms with E-state index in [1.165, 1.54) is 0 Å². The molecule has 0 aromatic heterocycles. The number of amides is 1. The van der Waals surface area contributed by atoms with Gasteiger partial charge < -0.3 is 14.8 Å². The zero-order valence-electron chi connectivity index (χ0n) is 20.5. The Morgan fingerprint density at radius 3 is 2.36 bits per heavy atom. The Balaban J connectivity index is 1.40. The van der Waals surface area contributed by atoms with E-state index in [1.807, 2.05) is 78.9 Å². The Labute approximate surface area is 212 Å². The molecule has 3 aromatic carbocycles. The van der Waals surface area contributed by atoms with Gasteiger partial charge in [-0.3, -0.25) is 9.59 Å². The first kappa shape index (κ1) is 23.9. The molecule has 2 unspecified atom stereocenters. The van der Waals surface area contributed by atoms with Crippen LogP contribution < -0.4 is 14.8 Å². The highest BCUT2D eigenvalue weighted by atomic mass is 16.5. The fraction of sp³-hybridized carbons (Fsp3) is 0.290. The van der Waals surface area contributed by atoms with Crippen LogP contribution in [-0.4, -0.2) is 18.3 Å². The Morgan fingerprint density at radius 2 is 1.58 bits per heavy atom. The van der Waals surface area contributed by atoms with Gasteiger partial charge in [0.15, 0.2) is 5.78 Å². The zero-order chi connectivity index (χ0) is 24.9. The third kappa shape index (κ3) is 5.20. The topological polar surface area (TPSA) is 64.6 Å². The number of benzene rings is 3. The number of hydrogen-bond donors (Lipinski definition) is 1. The number of Topliss-reactive ketones (excluding diaryl/α,β-unsaturated/α-hetero) is 1. The van der Waals surface area contributed by atoms with E-state index in [-0.39, 0.29) is 29.9 Å². The molecule has 5 nitrogen and oxygen atoms in total. The summed E-state index contributed by atoms with van der Waals surface area (Å²) in [6, 6.07) is 25.7. The molecule has 2 aliphatic rings. The van der Waals surface area contributed by atoms with Crippen molar-refractivity contribution >= 4 is 11.7 Å². The highest BCUT2D eigenvalue weighted by Gasteiger charge is 2.39. The number of para-hydroxylation sites is 1. The smallest absolute Gasteiger partial charge is 0.225 e. The molecule has 0 fully saturated rings. The van der Waals surface area contributed by atoms with Crippen molar-refractivity contribution in [3.05, 3.63) is 107 Å². The molecule has 0 spiro atoms. The summed E-state index contributed by atoms with van der Waals surface area (Å²) >= 11 is 0. The van der Waals surface area contributed by atoms with Crippen LogP contribution in [0.2, 0.25) is 0 Å². The van der Waals surface area contributed by atoms with Crippen molar-refractivity contribution in [2.24, 2.45) is 0 Å². The Hall–Kier alpha value is -3.86. The Bertz CT molecular complexity index is 1260. The predicted octanol–water partition coefficient (Wildman–Crippen LogP) is 6.06. The third-order valence-electron chi connectivity index (χ3n) is 6.89. The molecule has 1 N–H and O–H groups in total. The van der Waals surface area contributed by atoms with Gasteiger partial charge in [0.05, 0.1) is 6.61 Å². The van der Waals surface area contributed by atoms with Gasteiger partial charge in [0.1, 0.15) is 18.1 Å². The molecule has 1 aliphatic heterocycles. The Kier molecular flexibility index (Phi) is 7.17. The molecule has 0 saturated carbocycles. The first-order valence-corrected chi connectivity index (χ1v) is 12.7. The fourth-order valence-corrected chi connectivity index (χ4v) is 5.15. The van der Waals surface area contributed by atoms with E-state index in [9.17, 15) is 9.59 Å². The summed E-state index contributed by atoms with van der Waals surface area (Å²) in [5, 5.41) is 3.02. The maximum absolute atomic E-state index is 13.5. The van der Waals surface area contributed by atoms with Crippen molar-refractivity contribution < 1.29 is 19.1 Å². The molecular formula is C31H31NO4. The molecule has 0 saturated heterocycles. The number of carbonyl (C=O) groups is 2. The second-order valence-electron chi connectivity index (χ2n) is 9.46. The average Bonchev–Trinajstić information content (AvgIpc) is 2.91. The van der Waals surface area contributed by atoms with Gasteiger partial charge in [0, 0.05) is 35.6 Å². The first-order chi connectivity index (χ1) is 17.6. The Morgan fingerprint density at radius 1 is 0.833 bits per heavy atom. The second-order valence-corrected chi connectivity index (χ2v) is 9.46. The largest absolute Gasteiger partial charge is 0.494 e. The van der Waals surface area contributed by atoms with Crippen LogP contribution in [0.5, 0.6) is 11.5 Å². The van der Waals surface area contributed by atoms with Crippen LogP contribution in [0.4, 0.5) is 0 Å². The van der Waals surface area contributed by atoms with Crippen LogP contribution in [0.1, 0.15) is 61.1 Å². The highest BCUT2D eigenvalue weighted by Crippen LogP contribution is 2.44. The van der Waals surface area contributed by atoms with E-state index in [2.05, 4.69) is 12.2 Å². The summed E-state index contributed by atoms with van der Waals surface area (Å²) in [4.78, 5) is 26.3. The molecule has 184 valence electrons. The maximum atomic E-state index is 13.5. The molecule has 3 aromatic rings. The summed E-state index contributed by atoms with van der Waals surface area (Å²) < 4.78 is 11.9. The molecule has 0 bridgehead atoms. The number of carbonyl (C=O) groups excluding carboxylic acids is 2. The normalized spacial score (nSPS) is 19.5. The summed E-state index contributed by atoms with van der Waals surface area (Å²) in [5.74, 6) is 1.30. The van der Waals surface area contributed by atoms with Crippen molar-refractivity contribution in [1.82, 2.24) is 5.32 Å². The molecule has 1 aliphatic carbocycles. The van der Waals surface area contributed by atoms with Gasteiger partial charge in [0.2, 0.25) is 5.91 Å². The molecule has 1 heterocycles. The predicted molar refractivity (Wildman–Crippen MR) is 139 cm³/mol. The van der Waals surface area contributed by atoms with E-state index in [0.29, 0.717) is 31.8 Å². The fourth-order valence-electron chi connectivity index (χ4n) is 5.15. The molecule has 5 rings (SSSR count). The van der Waals surface area contributed by atoms with Crippen LogP contribution in [0, 0.1) is 0 Å². The minimum absolute atomic E-state index is 0.0279. The van der Waals surface area contributed by atoms with E-state index in [1.54, 1.807) is 0 Å². The van der Waals surface area contributed by atoms with Crippen LogP contribution >= 0.6 is 0 Å². The van der Waals surface area contributed by atoms with E-state index < -0.39 is 0 Å². The lowest BCUT2D eigenvalue weighted by Gasteiger charge is -2.35.